The Balaban J connectivity index is 1.45. The third-order valence-electron chi connectivity index (χ3n) is 3.93. The number of benzene rings is 2. The fraction of sp³-hybridized carbons (Fsp3) is 0.158. The van der Waals surface area contributed by atoms with Gasteiger partial charge in [0, 0.05) is 16.7 Å². The number of carbonyl (C=O) groups excluding carboxylic acids is 1. The Morgan fingerprint density at radius 1 is 1.04 bits per heavy atom. The summed E-state index contributed by atoms with van der Waals surface area (Å²) >= 11 is 11.9. The van der Waals surface area contributed by atoms with Crippen LogP contribution in [0, 0.1) is 0 Å². The van der Waals surface area contributed by atoms with Gasteiger partial charge in [-0.25, -0.2) is 0 Å². The highest BCUT2D eigenvalue weighted by molar-refractivity contribution is 6.36. The third-order valence-corrected chi connectivity index (χ3v) is 4.48. The highest BCUT2D eigenvalue weighted by atomic mass is 35.5. The van der Waals surface area contributed by atoms with Crippen molar-refractivity contribution in [1.29, 1.82) is 0 Å². The lowest BCUT2D eigenvalue weighted by atomic mass is 10.1. The van der Waals surface area contributed by atoms with E-state index in [-0.39, 0.29) is 12.3 Å². The van der Waals surface area contributed by atoms with Gasteiger partial charge in [-0.3, -0.25) is 4.79 Å². The molecule has 0 bridgehead atoms. The Bertz CT molecular complexity index is 1000. The SMILES string of the molecule is O=C(Cc1cc(-c2ccc3c(c2)OCCO3)on1)Nc1ccc(Cl)cc1Cl. The van der Waals surface area contributed by atoms with Gasteiger partial charge in [0.25, 0.3) is 0 Å². The van der Waals surface area contributed by atoms with E-state index >= 15 is 0 Å². The molecule has 0 spiro atoms. The number of nitrogens with zero attached hydrogens (tertiary/aromatic N) is 1. The summed E-state index contributed by atoms with van der Waals surface area (Å²) in [6, 6.07) is 12.1. The quantitative estimate of drug-likeness (QED) is 0.687. The average molecular weight is 405 g/mol. The molecule has 138 valence electrons. The predicted octanol–water partition coefficient (Wildman–Crippen LogP) is 4.60. The first-order valence-corrected chi connectivity index (χ1v) is 8.94. The number of halogens is 2. The number of hydrogen-bond acceptors (Lipinski definition) is 5. The maximum atomic E-state index is 12.2. The summed E-state index contributed by atoms with van der Waals surface area (Å²) in [5.41, 5.74) is 1.78. The second kappa shape index (κ2) is 7.50. The molecule has 3 aromatic rings. The molecule has 1 aromatic heterocycles. The Hall–Kier alpha value is -2.70. The number of fused-ring (bicyclic) bond motifs is 1. The van der Waals surface area contributed by atoms with Crippen LogP contribution < -0.4 is 14.8 Å². The zero-order valence-corrected chi connectivity index (χ0v) is 15.5. The zero-order chi connectivity index (χ0) is 18.8. The molecule has 0 fully saturated rings. The topological polar surface area (TPSA) is 73.6 Å². The Labute approximate surface area is 165 Å². The average Bonchev–Trinajstić information content (AvgIpc) is 3.12. The van der Waals surface area contributed by atoms with Crippen LogP contribution in [0.25, 0.3) is 11.3 Å². The number of amides is 1. The molecule has 2 heterocycles. The monoisotopic (exact) mass is 404 g/mol. The Morgan fingerprint density at radius 2 is 1.85 bits per heavy atom. The van der Waals surface area contributed by atoms with Gasteiger partial charge in [-0.15, -0.1) is 0 Å². The van der Waals surface area contributed by atoms with Crippen molar-refractivity contribution in [3.63, 3.8) is 0 Å². The lowest BCUT2D eigenvalue weighted by Crippen LogP contribution is -2.15. The molecule has 4 rings (SSSR count). The van der Waals surface area contributed by atoms with Crippen LogP contribution in [-0.4, -0.2) is 24.3 Å². The molecular formula is C19H14Cl2N2O4. The van der Waals surface area contributed by atoms with Gasteiger partial charge in [-0.05, 0) is 36.4 Å². The highest BCUT2D eigenvalue weighted by Crippen LogP contribution is 2.34. The lowest BCUT2D eigenvalue weighted by molar-refractivity contribution is -0.115. The molecule has 27 heavy (non-hydrogen) atoms. The van der Waals surface area contributed by atoms with E-state index in [2.05, 4.69) is 10.5 Å². The molecule has 0 atom stereocenters. The van der Waals surface area contributed by atoms with Crippen molar-refractivity contribution in [3.8, 4) is 22.8 Å². The first-order valence-electron chi connectivity index (χ1n) is 8.19. The van der Waals surface area contributed by atoms with E-state index in [1.165, 1.54) is 0 Å². The molecule has 1 amide bonds. The highest BCUT2D eigenvalue weighted by Gasteiger charge is 2.16. The maximum absolute atomic E-state index is 12.2. The van der Waals surface area contributed by atoms with Crippen LogP contribution >= 0.6 is 23.2 Å². The number of nitrogens with one attached hydrogen (secondary N) is 1. The summed E-state index contributed by atoms with van der Waals surface area (Å²) in [4.78, 5) is 12.2. The van der Waals surface area contributed by atoms with E-state index in [1.54, 1.807) is 24.3 Å². The van der Waals surface area contributed by atoms with Crippen LogP contribution in [0.3, 0.4) is 0 Å². The first-order chi connectivity index (χ1) is 13.1. The van der Waals surface area contributed by atoms with Crippen LogP contribution in [0.15, 0.2) is 47.0 Å². The molecule has 0 unspecified atom stereocenters. The summed E-state index contributed by atoms with van der Waals surface area (Å²) in [6.07, 6.45) is 0.0486. The second-order valence-electron chi connectivity index (χ2n) is 5.89. The fourth-order valence-electron chi connectivity index (χ4n) is 2.68. The van der Waals surface area contributed by atoms with Gasteiger partial charge in [0.15, 0.2) is 17.3 Å². The van der Waals surface area contributed by atoms with E-state index in [1.807, 2.05) is 18.2 Å². The van der Waals surface area contributed by atoms with E-state index in [4.69, 9.17) is 37.2 Å². The number of hydrogen-bond donors (Lipinski definition) is 1. The molecule has 6 nitrogen and oxygen atoms in total. The number of ether oxygens (including phenoxy) is 2. The fourth-order valence-corrected chi connectivity index (χ4v) is 3.13. The number of rotatable bonds is 4. The number of anilines is 1. The molecule has 8 heteroatoms. The molecule has 1 aliphatic rings. The largest absolute Gasteiger partial charge is 0.486 e. The van der Waals surface area contributed by atoms with Crippen LogP contribution in [-0.2, 0) is 11.2 Å². The Kier molecular flexibility index (Phi) is 4.92. The number of carbonyl (C=O) groups is 1. The van der Waals surface area contributed by atoms with Gasteiger partial charge >= 0.3 is 0 Å². The van der Waals surface area contributed by atoms with Gasteiger partial charge in [-0.1, -0.05) is 28.4 Å². The maximum Gasteiger partial charge on any atom is 0.230 e. The summed E-state index contributed by atoms with van der Waals surface area (Å²) in [7, 11) is 0. The van der Waals surface area contributed by atoms with Gasteiger partial charge in [0.1, 0.15) is 13.2 Å². The van der Waals surface area contributed by atoms with Crippen molar-refractivity contribution in [2.75, 3.05) is 18.5 Å². The minimum absolute atomic E-state index is 0.0486. The normalized spacial score (nSPS) is 12.7. The van der Waals surface area contributed by atoms with Crippen molar-refractivity contribution in [2.45, 2.75) is 6.42 Å². The molecule has 1 aliphatic heterocycles. The van der Waals surface area contributed by atoms with Gasteiger partial charge < -0.3 is 19.3 Å². The lowest BCUT2D eigenvalue weighted by Gasteiger charge is -2.18. The molecule has 0 saturated heterocycles. The Morgan fingerprint density at radius 3 is 2.67 bits per heavy atom. The molecule has 2 aromatic carbocycles. The van der Waals surface area contributed by atoms with Crippen molar-refractivity contribution in [3.05, 3.63) is 58.2 Å². The summed E-state index contributed by atoms with van der Waals surface area (Å²) in [5, 5.41) is 7.56. The van der Waals surface area contributed by atoms with Gasteiger partial charge in [0.05, 0.1) is 22.8 Å². The summed E-state index contributed by atoms with van der Waals surface area (Å²) in [5.74, 6) is 1.64. The van der Waals surface area contributed by atoms with Crippen LogP contribution in [0.2, 0.25) is 10.0 Å². The predicted molar refractivity (Wildman–Crippen MR) is 102 cm³/mol. The van der Waals surface area contributed by atoms with E-state index in [9.17, 15) is 4.79 Å². The van der Waals surface area contributed by atoms with E-state index < -0.39 is 0 Å². The van der Waals surface area contributed by atoms with E-state index in [0.29, 0.717) is 51.9 Å². The standard InChI is InChI=1S/C19H14Cl2N2O4/c20-12-2-3-15(14(21)8-12)22-19(24)10-13-9-17(27-23-13)11-1-4-16-18(7-11)26-6-5-25-16/h1-4,7-9H,5-6,10H2,(H,22,24). The molecule has 1 N–H and O–H groups in total. The third kappa shape index (κ3) is 4.02. The van der Waals surface area contributed by atoms with Crippen molar-refractivity contribution in [2.24, 2.45) is 0 Å². The zero-order valence-electron chi connectivity index (χ0n) is 14.0. The first kappa shape index (κ1) is 17.7. The smallest absolute Gasteiger partial charge is 0.230 e. The minimum Gasteiger partial charge on any atom is -0.486 e. The van der Waals surface area contributed by atoms with Gasteiger partial charge in [0.2, 0.25) is 5.91 Å². The molecule has 0 aliphatic carbocycles. The van der Waals surface area contributed by atoms with Crippen LogP contribution in [0.5, 0.6) is 11.5 Å². The van der Waals surface area contributed by atoms with Crippen molar-refractivity contribution >= 4 is 34.8 Å². The second-order valence-corrected chi connectivity index (χ2v) is 6.73. The minimum atomic E-state index is -0.263. The van der Waals surface area contributed by atoms with Gasteiger partial charge in [-0.2, -0.15) is 0 Å². The van der Waals surface area contributed by atoms with Crippen molar-refractivity contribution in [1.82, 2.24) is 5.16 Å². The van der Waals surface area contributed by atoms with E-state index in [0.717, 1.165) is 5.56 Å². The number of aromatic nitrogens is 1. The van der Waals surface area contributed by atoms with Crippen LogP contribution in [0.1, 0.15) is 5.69 Å². The summed E-state index contributed by atoms with van der Waals surface area (Å²) < 4.78 is 16.4. The molecule has 0 saturated carbocycles. The molecular weight excluding hydrogens is 391 g/mol. The summed E-state index contributed by atoms with van der Waals surface area (Å²) in [6.45, 7) is 1.04. The van der Waals surface area contributed by atoms with Crippen molar-refractivity contribution < 1.29 is 18.8 Å². The molecule has 0 radical (unpaired) electrons. The van der Waals surface area contributed by atoms with Crippen LogP contribution in [0.4, 0.5) is 5.69 Å².